The van der Waals surface area contributed by atoms with E-state index in [1.54, 1.807) is 6.92 Å². The van der Waals surface area contributed by atoms with Crippen LogP contribution in [0.3, 0.4) is 0 Å². The second-order valence-electron chi connectivity index (χ2n) is 10.7. The van der Waals surface area contributed by atoms with E-state index in [2.05, 4.69) is 30.8 Å². The molecule has 4 atom stereocenters. The van der Waals surface area contributed by atoms with Gasteiger partial charge >= 0.3 is 11.9 Å². The van der Waals surface area contributed by atoms with Crippen LogP contribution in [0.1, 0.15) is 74.7 Å². The van der Waals surface area contributed by atoms with Crippen molar-refractivity contribution in [2.45, 2.75) is 111 Å². The first-order valence-electron chi connectivity index (χ1n) is 11.7. The van der Waals surface area contributed by atoms with Crippen LogP contribution in [0.15, 0.2) is 0 Å². The quantitative estimate of drug-likeness (QED) is 0.237. The standard InChI is InChI=1S/C24H45NO7Si/c1-12-16(4)21(31-23(29)17(5)32-33(10,11)24(6,7)8)22(28)25-18(13-15(2)3)19(26)14-20(27)30-9/h15-18,21H,12-14H2,1-11H3,(H,25,28)/t16?,17-,18-,21-/m0/s1. The third-order valence-corrected chi connectivity index (χ3v) is 10.8. The van der Waals surface area contributed by atoms with Crippen molar-refractivity contribution in [3.8, 4) is 0 Å². The molecule has 1 amide bonds. The Labute approximate surface area is 200 Å². The number of carbonyl (C=O) groups excluding carboxylic acids is 4. The topological polar surface area (TPSA) is 108 Å². The summed E-state index contributed by atoms with van der Waals surface area (Å²) in [6, 6.07) is -0.872. The Morgan fingerprint density at radius 3 is 1.97 bits per heavy atom. The molecular formula is C24H45NO7Si. The maximum Gasteiger partial charge on any atom is 0.334 e. The van der Waals surface area contributed by atoms with E-state index in [0.29, 0.717) is 12.8 Å². The van der Waals surface area contributed by atoms with Crippen molar-refractivity contribution < 1.29 is 33.1 Å². The van der Waals surface area contributed by atoms with E-state index >= 15 is 0 Å². The monoisotopic (exact) mass is 487 g/mol. The number of amides is 1. The number of methoxy groups -OCH3 is 1. The molecule has 33 heavy (non-hydrogen) atoms. The van der Waals surface area contributed by atoms with E-state index in [-0.39, 0.29) is 16.9 Å². The molecule has 0 aliphatic carbocycles. The number of carbonyl (C=O) groups is 4. The van der Waals surface area contributed by atoms with Crippen LogP contribution in [0.2, 0.25) is 18.1 Å². The van der Waals surface area contributed by atoms with E-state index in [1.165, 1.54) is 7.11 Å². The minimum atomic E-state index is -2.21. The van der Waals surface area contributed by atoms with Crippen LogP contribution in [0.5, 0.6) is 0 Å². The van der Waals surface area contributed by atoms with Gasteiger partial charge in [0.05, 0.1) is 13.2 Å². The highest BCUT2D eigenvalue weighted by atomic mass is 28.4. The van der Waals surface area contributed by atoms with Gasteiger partial charge in [-0.05, 0) is 43.8 Å². The molecule has 0 fully saturated rings. The van der Waals surface area contributed by atoms with E-state index in [0.717, 1.165) is 0 Å². The maximum absolute atomic E-state index is 13.1. The van der Waals surface area contributed by atoms with E-state index < -0.39 is 56.6 Å². The Hall–Kier alpha value is -1.74. The fourth-order valence-electron chi connectivity index (χ4n) is 2.86. The minimum absolute atomic E-state index is 0.0842. The van der Waals surface area contributed by atoms with Crippen LogP contribution in [0, 0.1) is 11.8 Å². The molecule has 192 valence electrons. The third-order valence-electron chi connectivity index (χ3n) is 6.23. The Morgan fingerprint density at radius 1 is 1.00 bits per heavy atom. The molecule has 1 N–H and O–H groups in total. The average Bonchev–Trinajstić information content (AvgIpc) is 2.68. The number of ketones is 1. The van der Waals surface area contributed by atoms with Gasteiger partial charge in [0, 0.05) is 5.92 Å². The molecule has 0 aliphatic rings. The molecule has 1 unspecified atom stereocenters. The minimum Gasteiger partial charge on any atom is -0.469 e. The van der Waals surface area contributed by atoms with Gasteiger partial charge in [0.1, 0.15) is 12.5 Å². The van der Waals surface area contributed by atoms with E-state index in [9.17, 15) is 19.2 Å². The summed E-state index contributed by atoms with van der Waals surface area (Å²) in [5.74, 6) is -2.44. The molecule has 0 rings (SSSR count). The first kappa shape index (κ1) is 31.3. The molecule has 0 aromatic carbocycles. The van der Waals surface area contributed by atoms with Gasteiger partial charge in [-0.1, -0.05) is 48.5 Å². The SMILES string of the molecule is CCC(C)[C@H](OC(=O)[C@H](C)O[Si](C)(C)C(C)(C)C)C(=O)N[C@@H](CC(C)C)C(=O)CC(=O)OC. The fourth-order valence-corrected chi connectivity index (χ4v) is 4.20. The summed E-state index contributed by atoms with van der Waals surface area (Å²) >= 11 is 0. The van der Waals surface area contributed by atoms with Crippen molar-refractivity contribution in [3.05, 3.63) is 0 Å². The van der Waals surface area contributed by atoms with Gasteiger partial charge in [-0.25, -0.2) is 4.79 Å². The van der Waals surface area contributed by atoms with Gasteiger partial charge in [-0.2, -0.15) is 0 Å². The van der Waals surface area contributed by atoms with Crippen LogP contribution in [0.4, 0.5) is 0 Å². The molecule has 0 aromatic heterocycles. The van der Waals surface area contributed by atoms with E-state index in [1.807, 2.05) is 40.8 Å². The van der Waals surface area contributed by atoms with Gasteiger partial charge in [-0.3, -0.25) is 14.4 Å². The zero-order chi connectivity index (χ0) is 26.1. The molecule has 9 heteroatoms. The van der Waals surface area contributed by atoms with Crippen molar-refractivity contribution in [1.82, 2.24) is 5.32 Å². The third kappa shape index (κ3) is 10.4. The summed E-state index contributed by atoms with van der Waals surface area (Å²) < 4.78 is 16.3. The average molecular weight is 488 g/mol. The number of ether oxygens (including phenoxy) is 2. The zero-order valence-electron chi connectivity index (χ0n) is 22.4. The Balaban J connectivity index is 5.53. The van der Waals surface area contributed by atoms with Crippen LogP contribution >= 0.6 is 0 Å². The highest BCUT2D eigenvalue weighted by molar-refractivity contribution is 6.74. The van der Waals surface area contributed by atoms with Crippen LogP contribution < -0.4 is 5.32 Å². The maximum atomic E-state index is 13.1. The zero-order valence-corrected chi connectivity index (χ0v) is 23.4. The Bertz CT molecular complexity index is 685. The second kappa shape index (κ2) is 13.2. The molecule has 0 radical (unpaired) electrons. The lowest BCUT2D eigenvalue weighted by atomic mass is 9.96. The van der Waals surface area contributed by atoms with Crippen LogP contribution in [-0.4, -0.2) is 57.3 Å². The molecular weight excluding hydrogens is 442 g/mol. The van der Waals surface area contributed by atoms with Gasteiger partial charge in [0.2, 0.25) is 0 Å². The summed E-state index contributed by atoms with van der Waals surface area (Å²) in [4.78, 5) is 50.1. The Kier molecular flexibility index (Phi) is 12.5. The van der Waals surface area contributed by atoms with Gasteiger partial charge in [-0.15, -0.1) is 0 Å². The highest BCUT2D eigenvalue weighted by Gasteiger charge is 2.41. The number of hydrogen-bond acceptors (Lipinski definition) is 7. The van der Waals surface area contributed by atoms with Crippen molar-refractivity contribution in [1.29, 1.82) is 0 Å². The molecule has 0 spiro atoms. The lowest BCUT2D eigenvalue weighted by molar-refractivity contribution is -0.165. The second-order valence-corrected chi connectivity index (χ2v) is 15.4. The number of nitrogens with one attached hydrogen (secondary N) is 1. The summed E-state index contributed by atoms with van der Waals surface area (Å²) in [5, 5.41) is 2.62. The van der Waals surface area contributed by atoms with Gasteiger partial charge in [0.25, 0.3) is 5.91 Å². The number of Topliss-reactive ketones (excluding diaryl/α,β-unsaturated/α-hetero) is 1. The highest BCUT2D eigenvalue weighted by Crippen LogP contribution is 2.37. The van der Waals surface area contributed by atoms with Crippen molar-refractivity contribution in [2.75, 3.05) is 7.11 Å². The van der Waals surface area contributed by atoms with Crippen molar-refractivity contribution in [3.63, 3.8) is 0 Å². The lowest BCUT2D eigenvalue weighted by Crippen LogP contribution is -2.51. The molecule has 0 saturated carbocycles. The molecule has 0 aliphatic heterocycles. The molecule has 8 nitrogen and oxygen atoms in total. The summed E-state index contributed by atoms with van der Waals surface area (Å²) in [6.07, 6.45) is -1.38. The normalized spacial score (nSPS) is 15.9. The summed E-state index contributed by atoms with van der Waals surface area (Å²) in [6.45, 7) is 19.5. The van der Waals surface area contributed by atoms with Crippen molar-refractivity contribution >= 4 is 31.9 Å². The van der Waals surface area contributed by atoms with Crippen LogP contribution in [-0.2, 0) is 33.1 Å². The van der Waals surface area contributed by atoms with Gasteiger partial charge in [0.15, 0.2) is 20.2 Å². The smallest absolute Gasteiger partial charge is 0.334 e. The number of hydrogen-bond donors (Lipinski definition) is 1. The Morgan fingerprint density at radius 2 is 1.55 bits per heavy atom. The predicted molar refractivity (Wildman–Crippen MR) is 130 cm³/mol. The molecule has 0 bridgehead atoms. The number of rotatable bonds is 13. The lowest BCUT2D eigenvalue weighted by Gasteiger charge is -2.38. The largest absolute Gasteiger partial charge is 0.469 e. The summed E-state index contributed by atoms with van der Waals surface area (Å²) in [7, 11) is -1.01. The first-order valence-corrected chi connectivity index (χ1v) is 14.7. The van der Waals surface area contributed by atoms with Gasteiger partial charge < -0.3 is 19.2 Å². The molecule has 0 heterocycles. The van der Waals surface area contributed by atoms with Crippen molar-refractivity contribution in [2.24, 2.45) is 11.8 Å². The number of esters is 2. The fraction of sp³-hybridized carbons (Fsp3) is 0.833. The molecule has 0 saturated heterocycles. The predicted octanol–water partition coefficient (Wildman–Crippen LogP) is 4.02. The molecule has 0 aromatic rings. The van der Waals surface area contributed by atoms with E-state index in [4.69, 9.17) is 9.16 Å². The summed E-state index contributed by atoms with van der Waals surface area (Å²) in [5.41, 5.74) is 0. The van der Waals surface area contributed by atoms with Crippen LogP contribution in [0.25, 0.3) is 0 Å². The first-order chi connectivity index (χ1) is 15.0.